The lowest BCUT2D eigenvalue weighted by Crippen LogP contribution is -2.05. The van der Waals surface area contributed by atoms with Gasteiger partial charge in [0.15, 0.2) is 0 Å². The van der Waals surface area contributed by atoms with Crippen LogP contribution in [0.3, 0.4) is 0 Å². The summed E-state index contributed by atoms with van der Waals surface area (Å²) in [5, 5.41) is 3.31. The van der Waals surface area contributed by atoms with Crippen molar-refractivity contribution in [1.82, 2.24) is 14.5 Å². The molecule has 0 aliphatic rings. The van der Waals surface area contributed by atoms with Crippen LogP contribution in [0.2, 0.25) is 0 Å². The van der Waals surface area contributed by atoms with Crippen molar-refractivity contribution < 1.29 is 0 Å². The first-order chi connectivity index (χ1) is 9.78. The Morgan fingerprint density at radius 2 is 2.05 bits per heavy atom. The number of aromatic nitrogens is 3. The number of benzene rings is 1. The van der Waals surface area contributed by atoms with Gasteiger partial charge in [-0.25, -0.2) is 4.98 Å². The number of nitrogens with one attached hydrogen (secondary N) is 1. The molecule has 20 heavy (non-hydrogen) atoms. The van der Waals surface area contributed by atoms with Crippen LogP contribution in [0.15, 0.2) is 42.6 Å². The van der Waals surface area contributed by atoms with Crippen LogP contribution in [-0.2, 0) is 6.54 Å². The van der Waals surface area contributed by atoms with Gasteiger partial charge in [0.25, 0.3) is 0 Å². The molecule has 4 heteroatoms. The van der Waals surface area contributed by atoms with E-state index in [2.05, 4.69) is 38.9 Å². The maximum atomic E-state index is 4.59. The van der Waals surface area contributed by atoms with Gasteiger partial charge >= 0.3 is 0 Å². The molecule has 0 radical (unpaired) electrons. The summed E-state index contributed by atoms with van der Waals surface area (Å²) in [5.41, 5.74) is 4.34. The van der Waals surface area contributed by atoms with Crippen molar-refractivity contribution in [2.75, 3.05) is 11.9 Å². The maximum absolute atomic E-state index is 4.59. The Labute approximate surface area is 118 Å². The van der Waals surface area contributed by atoms with E-state index in [4.69, 9.17) is 0 Å². The summed E-state index contributed by atoms with van der Waals surface area (Å²) in [6.07, 6.45) is 1.85. The Hall–Kier alpha value is -2.36. The van der Waals surface area contributed by atoms with Crippen LogP contribution in [-0.4, -0.2) is 21.1 Å². The highest BCUT2D eigenvalue weighted by molar-refractivity contribution is 5.75. The van der Waals surface area contributed by atoms with Crippen molar-refractivity contribution in [2.24, 2.45) is 0 Å². The fourth-order valence-electron chi connectivity index (χ4n) is 2.44. The second-order valence-electron chi connectivity index (χ2n) is 4.80. The highest BCUT2D eigenvalue weighted by Gasteiger charge is 2.07. The van der Waals surface area contributed by atoms with E-state index in [0.29, 0.717) is 0 Å². The van der Waals surface area contributed by atoms with Gasteiger partial charge in [-0.3, -0.25) is 4.98 Å². The summed E-state index contributed by atoms with van der Waals surface area (Å²) in [5.74, 6) is 1.02. The number of hydrogen-bond acceptors (Lipinski definition) is 3. The normalized spacial score (nSPS) is 10.9. The second kappa shape index (κ2) is 5.33. The largest absolute Gasteiger partial charge is 0.385 e. The molecule has 1 N–H and O–H groups in total. The third-order valence-electron chi connectivity index (χ3n) is 3.36. The third-order valence-corrected chi connectivity index (χ3v) is 3.36. The van der Waals surface area contributed by atoms with Crippen molar-refractivity contribution in [2.45, 2.75) is 20.4 Å². The Balaban J connectivity index is 1.96. The molecule has 4 nitrogen and oxygen atoms in total. The number of aryl methyl sites for hydroxylation is 1. The Morgan fingerprint density at radius 3 is 2.90 bits per heavy atom. The van der Waals surface area contributed by atoms with Crippen LogP contribution in [0, 0.1) is 6.92 Å². The molecule has 1 aromatic carbocycles. The van der Waals surface area contributed by atoms with Crippen LogP contribution < -0.4 is 5.32 Å². The molecule has 3 aromatic rings. The molecule has 0 aliphatic heterocycles. The van der Waals surface area contributed by atoms with Crippen molar-refractivity contribution in [1.29, 1.82) is 0 Å². The molecule has 2 aromatic heterocycles. The molecule has 2 heterocycles. The van der Waals surface area contributed by atoms with Crippen LogP contribution in [0.4, 0.5) is 5.69 Å². The van der Waals surface area contributed by atoms with E-state index < -0.39 is 0 Å². The molecular weight excluding hydrogens is 248 g/mol. The molecule has 0 fully saturated rings. The smallest absolute Gasteiger partial charge is 0.107 e. The summed E-state index contributed by atoms with van der Waals surface area (Å²) in [7, 11) is 0. The van der Waals surface area contributed by atoms with E-state index in [9.17, 15) is 0 Å². The summed E-state index contributed by atoms with van der Waals surface area (Å²) < 4.78 is 2.20. The molecule has 0 spiro atoms. The minimum absolute atomic E-state index is 0.742. The fourth-order valence-corrected chi connectivity index (χ4v) is 2.44. The number of hydrogen-bond donors (Lipinski definition) is 1. The van der Waals surface area contributed by atoms with Crippen molar-refractivity contribution in [3.05, 3.63) is 54.1 Å². The molecule has 0 saturated carbocycles. The first-order valence-corrected chi connectivity index (χ1v) is 6.88. The minimum atomic E-state index is 0.742. The average molecular weight is 266 g/mol. The third kappa shape index (κ3) is 2.37. The van der Waals surface area contributed by atoms with Gasteiger partial charge in [-0.1, -0.05) is 12.1 Å². The monoisotopic (exact) mass is 266 g/mol. The lowest BCUT2D eigenvalue weighted by atomic mass is 10.3. The van der Waals surface area contributed by atoms with Gasteiger partial charge in [-0.2, -0.15) is 0 Å². The molecule has 0 amide bonds. The predicted molar refractivity (Wildman–Crippen MR) is 82.0 cm³/mol. The highest BCUT2D eigenvalue weighted by Crippen LogP contribution is 2.17. The number of anilines is 1. The Kier molecular flexibility index (Phi) is 3.37. The highest BCUT2D eigenvalue weighted by atomic mass is 15.1. The summed E-state index contributed by atoms with van der Waals surface area (Å²) in [4.78, 5) is 9.04. The molecule has 0 unspecified atom stereocenters. The standard InChI is InChI=1S/C16H18N4/c1-3-17-13-8-9-18-14(10-13)11-20-12(2)19-15-6-4-5-7-16(15)20/h4-10H,3,11H2,1-2H3,(H,17,18). The summed E-state index contributed by atoms with van der Waals surface area (Å²) in [6.45, 7) is 5.78. The summed E-state index contributed by atoms with van der Waals surface area (Å²) >= 11 is 0. The zero-order valence-corrected chi connectivity index (χ0v) is 11.8. The molecule has 0 bridgehead atoms. The van der Waals surface area contributed by atoms with Crippen molar-refractivity contribution >= 4 is 16.7 Å². The first kappa shape index (κ1) is 12.7. The number of pyridine rings is 1. The zero-order valence-electron chi connectivity index (χ0n) is 11.8. The SMILES string of the molecule is CCNc1ccnc(Cn2c(C)nc3ccccc32)c1. The van der Waals surface area contributed by atoms with E-state index in [1.807, 2.05) is 37.4 Å². The van der Waals surface area contributed by atoms with Crippen LogP contribution in [0.5, 0.6) is 0 Å². The quantitative estimate of drug-likeness (QED) is 0.788. The topological polar surface area (TPSA) is 42.7 Å². The number of rotatable bonds is 4. The summed E-state index contributed by atoms with van der Waals surface area (Å²) in [6, 6.07) is 12.3. The number of fused-ring (bicyclic) bond motifs is 1. The molecule has 0 atom stereocenters. The Bertz CT molecular complexity index is 730. The van der Waals surface area contributed by atoms with Gasteiger partial charge in [0.2, 0.25) is 0 Å². The number of nitrogens with zero attached hydrogens (tertiary/aromatic N) is 3. The maximum Gasteiger partial charge on any atom is 0.107 e. The van der Waals surface area contributed by atoms with Crippen LogP contribution in [0.1, 0.15) is 18.4 Å². The van der Waals surface area contributed by atoms with Gasteiger partial charge in [-0.15, -0.1) is 0 Å². The van der Waals surface area contributed by atoms with E-state index in [1.165, 1.54) is 0 Å². The minimum Gasteiger partial charge on any atom is -0.385 e. The molecule has 3 rings (SSSR count). The molecule has 102 valence electrons. The first-order valence-electron chi connectivity index (χ1n) is 6.88. The Morgan fingerprint density at radius 1 is 1.20 bits per heavy atom. The molecular formula is C16H18N4. The molecule has 0 aliphatic carbocycles. The average Bonchev–Trinajstić information content (AvgIpc) is 2.76. The van der Waals surface area contributed by atoms with E-state index in [0.717, 1.165) is 41.3 Å². The van der Waals surface area contributed by atoms with Crippen molar-refractivity contribution in [3.8, 4) is 0 Å². The van der Waals surface area contributed by atoms with Crippen LogP contribution in [0.25, 0.3) is 11.0 Å². The van der Waals surface area contributed by atoms with Gasteiger partial charge in [0.05, 0.1) is 23.3 Å². The van der Waals surface area contributed by atoms with E-state index >= 15 is 0 Å². The van der Waals surface area contributed by atoms with Gasteiger partial charge in [0, 0.05) is 18.4 Å². The van der Waals surface area contributed by atoms with Gasteiger partial charge in [-0.05, 0) is 38.1 Å². The number of para-hydroxylation sites is 2. The predicted octanol–water partition coefficient (Wildman–Crippen LogP) is 3.22. The lowest BCUT2D eigenvalue weighted by molar-refractivity contribution is 0.764. The van der Waals surface area contributed by atoms with Crippen molar-refractivity contribution in [3.63, 3.8) is 0 Å². The zero-order chi connectivity index (χ0) is 13.9. The van der Waals surface area contributed by atoms with Gasteiger partial charge < -0.3 is 9.88 Å². The number of imidazole rings is 1. The fraction of sp³-hybridized carbons (Fsp3) is 0.250. The van der Waals surface area contributed by atoms with Crippen LogP contribution >= 0.6 is 0 Å². The van der Waals surface area contributed by atoms with E-state index in [-0.39, 0.29) is 0 Å². The second-order valence-corrected chi connectivity index (χ2v) is 4.80. The van der Waals surface area contributed by atoms with Gasteiger partial charge in [0.1, 0.15) is 5.82 Å². The van der Waals surface area contributed by atoms with E-state index in [1.54, 1.807) is 0 Å². The lowest BCUT2D eigenvalue weighted by Gasteiger charge is -2.08. The molecule has 0 saturated heterocycles.